The van der Waals surface area contributed by atoms with Gasteiger partial charge < -0.3 is 19.5 Å². The molecule has 1 aromatic carbocycles. The van der Waals surface area contributed by atoms with E-state index in [9.17, 15) is 5.11 Å². The standard InChI is InChI=1S/C22H26N2O3/c1-2-22(25)8-3-4-16-12-24(13-18(16)22)17-7-9-23-19(11-17)15-5-6-20-21(10-15)27-14-26-20/h5-7,9-11,16,18,25H,2-4,8,12-14H2,1H3/t16-,18+,22-/m0/s1. The summed E-state index contributed by atoms with van der Waals surface area (Å²) in [6.45, 7) is 4.36. The third kappa shape index (κ3) is 2.85. The fourth-order valence-corrected chi connectivity index (χ4v) is 5.11. The smallest absolute Gasteiger partial charge is 0.231 e. The summed E-state index contributed by atoms with van der Waals surface area (Å²) >= 11 is 0. The van der Waals surface area contributed by atoms with E-state index in [-0.39, 0.29) is 6.79 Å². The Balaban J connectivity index is 1.41. The number of aromatic nitrogens is 1. The maximum atomic E-state index is 11.1. The first kappa shape index (κ1) is 16.9. The van der Waals surface area contributed by atoms with E-state index in [0.717, 1.165) is 55.1 Å². The quantitative estimate of drug-likeness (QED) is 0.894. The molecule has 0 unspecified atom stereocenters. The van der Waals surface area contributed by atoms with Crippen LogP contribution in [-0.4, -0.2) is 35.6 Å². The van der Waals surface area contributed by atoms with Crippen LogP contribution in [-0.2, 0) is 0 Å². The van der Waals surface area contributed by atoms with Gasteiger partial charge in [-0.1, -0.05) is 13.3 Å². The lowest BCUT2D eigenvalue weighted by atomic mass is 9.69. The minimum atomic E-state index is -0.495. The molecule has 1 N–H and O–H groups in total. The van der Waals surface area contributed by atoms with Gasteiger partial charge in [0.25, 0.3) is 0 Å². The maximum Gasteiger partial charge on any atom is 0.231 e. The molecule has 5 nitrogen and oxygen atoms in total. The van der Waals surface area contributed by atoms with E-state index in [1.165, 1.54) is 12.1 Å². The summed E-state index contributed by atoms with van der Waals surface area (Å²) in [6, 6.07) is 10.2. The van der Waals surface area contributed by atoms with Crippen molar-refractivity contribution >= 4 is 5.69 Å². The van der Waals surface area contributed by atoms with Gasteiger partial charge in [-0.2, -0.15) is 0 Å². The molecule has 0 radical (unpaired) electrons. The van der Waals surface area contributed by atoms with E-state index in [0.29, 0.717) is 11.8 Å². The Labute approximate surface area is 159 Å². The molecule has 5 rings (SSSR count). The molecule has 142 valence electrons. The first-order valence-electron chi connectivity index (χ1n) is 10.00. The molecule has 1 aromatic heterocycles. The number of aliphatic hydroxyl groups is 1. The second-order valence-corrected chi connectivity index (χ2v) is 8.09. The van der Waals surface area contributed by atoms with Gasteiger partial charge in [-0.05, 0) is 55.5 Å². The molecule has 0 bridgehead atoms. The average Bonchev–Trinajstić information content (AvgIpc) is 3.35. The molecular weight excluding hydrogens is 340 g/mol. The van der Waals surface area contributed by atoms with E-state index < -0.39 is 5.60 Å². The van der Waals surface area contributed by atoms with Crippen LogP contribution >= 0.6 is 0 Å². The number of ether oxygens (including phenoxy) is 2. The predicted molar refractivity (Wildman–Crippen MR) is 104 cm³/mol. The number of fused-ring (bicyclic) bond motifs is 2. The molecule has 5 heteroatoms. The molecule has 2 fully saturated rings. The Bertz CT molecular complexity index is 855. The number of hydrogen-bond donors (Lipinski definition) is 1. The molecule has 3 aliphatic rings. The average molecular weight is 366 g/mol. The summed E-state index contributed by atoms with van der Waals surface area (Å²) in [5, 5.41) is 11.1. The third-order valence-electron chi connectivity index (χ3n) is 6.71. The van der Waals surface area contributed by atoms with Crippen LogP contribution in [0.3, 0.4) is 0 Å². The third-order valence-corrected chi connectivity index (χ3v) is 6.71. The molecule has 0 amide bonds. The number of anilines is 1. The summed E-state index contributed by atoms with van der Waals surface area (Å²) in [7, 11) is 0. The van der Waals surface area contributed by atoms with Crippen molar-refractivity contribution in [2.75, 3.05) is 24.8 Å². The summed E-state index contributed by atoms with van der Waals surface area (Å²) in [4.78, 5) is 7.00. The van der Waals surface area contributed by atoms with Crippen LogP contribution in [0, 0.1) is 11.8 Å². The second kappa shape index (κ2) is 6.41. The van der Waals surface area contributed by atoms with Gasteiger partial charge in [-0.25, -0.2) is 0 Å². The molecule has 2 aliphatic heterocycles. The predicted octanol–water partition coefficient (Wildman–Crippen LogP) is 3.85. The summed E-state index contributed by atoms with van der Waals surface area (Å²) < 4.78 is 10.9. The van der Waals surface area contributed by atoms with Gasteiger partial charge in [0, 0.05) is 36.5 Å². The van der Waals surface area contributed by atoms with Crippen molar-refractivity contribution in [1.29, 1.82) is 0 Å². The number of pyridine rings is 1. The van der Waals surface area contributed by atoms with Gasteiger partial charge >= 0.3 is 0 Å². The topological polar surface area (TPSA) is 54.8 Å². The largest absolute Gasteiger partial charge is 0.454 e. The zero-order valence-electron chi connectivity index (χ0n) is 15.7. The summed E-state index contributed by atoms with van der Waals surface area (Å²) in [5.74, 6) is 2.53. The van der Waals surface area contributed by atoms with E-state index >= 15 is 0 Å². The van der Waals surface area contributed by atoms with Gasteiger partial charge in [-0.3, -0.25) is 4.98 Å². The fourth-order valence-electron chi connectivity index (χ4n) is 5.11. The monoisotopic (exact) mass is 366 g/mol. The van der Waals surface area contributed by atoms with Crippen molar-refractivity contribution in [1.82, 2.24) is 4.98 Å². The zero-order valence-corrected chi connectivity index (χ0v) is 15.7. The van der Waals surface area contributed by atoms with Crippen molar-refractivity contribution in [3.05, 3.63) is 36.5 Å². The molecule has 2 aromatic rings. The molecule has 1 aliphatic carbocycles. The minimum Gasteiger partial charge on any atom is -0.454 e. The van der Waals surface area contributed by atoms with E-state index in [2.05, 4.69) is 28.9 Å². The molecule has 1 saturated carbocycles. The van der Waals surface area contributed by atoms with E-state index in [1.807, 2.05) is 24.4 Å². The lowest BCUT2D eigenvalue weighted by Crippen LogP contribution is -2.44. The number of rotatable bonds is 3. The summed E-state index contributed by atoms with van der Waals surface area (Å²) in [5.41, 5.74) is 2.66. The van der Waals surface area contributed by atoms with Gasteiger partial charge in [0.05, 0.1) is 11.3 Å². The van der Waals surface area contributed by atoms with Gasteiger partial charge in [0.2, 0.25) is 6.79 Å². The van der Waals surface area contributed by atoms with Crippen LogP contribution in [0.1, 0.15) is 32.6 Å². The highest BCUT2D eigenvalue weighted by atomic mass is 16.7. The molecule has 27 heavy (non-hydrogen) atoms. The molecule has 0 spiro atoms. The second-order valence-electron chi connectivity index (χ2n) is 8.09. The minimum absolute atomic E-state index is 0.281. The van der Waals surface area contributed by atoms with E-state index in [4.69, 9.17) is 9.47 Å². The lowest BCUT2D eigenvalue weighted by molar-refractivity contribution is -0.0597. The van der Waals surface area contributed by atoms with Gasteiger partial charge in [0.15, 0.2) is 11.5 Å². The maximum absolute atomic E-state index is 11.1. The van der Waals surface area contributed by atoms with Crippen LogP contribution in [0.5, 0.6) is 11.5 Å². The first-order valence-corrected chi connectivity index (χ1v) is 10.00. The van der Waals surface area contributed by atoms with Gasteiger partial charge in [0.1, 0.15) is 0 Å². The SMILES string of the molecule is CC[C@]1(O)CCC[C@H]2CN(c3ccnc(-c4ccc5c(c4)OCO5)c3)C[C@H]21. The Morgan fingerprint density at radius 2 is 2.07 bits per heavy atom. The lowest BCUT2D eigenvalue weighted by Gasteiger charge is -2.40. The van der Waals surface area contributed by atoms with Crippen LogP contribution < -0.4 is 14.4 Å². The van der Waals surface area contributed by atoms with Crippen LogP contribution in [0.4, 0.5) is 5.69 Å². The zero-order chi connectivity index (χ0) is 18.4. The Hall–Kier alpha value is -2.27. The number of nitrogens with zero attached hydrogens (tertiary/aromatic N) is 2. The van der Waals surface area contributed by atoms with Crippen molar-refractivity contribution < 1.29 is 14.6 Å². The van der Waals surface area contributed by atoms with Crippen LogP contribution in [0.2, 0.25) is 0 Å². The first-order chi connectivity index (χ1) is 13.2. The molecular formula is C22H26N2O3. The molecule has 3 heterocycles. The Kier molecular flexibility index (Phi) is 4.01. The number of benzene rings is 1. The van der Waals surface area contributed by atoms with Gasteiger partial charge in [-0.15, -0.1) is 0 Å². The van der Waals surface area contributed by atoms with Crippen molar-refractivity contribution in [3.63, 3.8) is 0 Å². The van der Waals surface area contributed by atoms with E-state index in [1.54, 1.807) is 0 Å². The fraction of sp³-hybridized carbons (Fsp3) is 0.500. The molecule has 1 saturated heterocycles. The van der Waals surface area contributed by atoms with Crippen molar-refractivity contribution in [2.24, 2.45) is 11.8 Å². The highest BCUT2D eigenvalue weighted by Crippen LogP contribution is 2.45. The normalized spacial score (nSPS) is 29.0. The van der Waals surface area contributed by atoms with Crippen LogP contribution in [0.25, 0.3) is 11.3 Å². The Morgan fingerprint density at radius 3 is 2.96 bits per heavy atom. The summed E-state index contributed by atoms with van der Waals surface area (Å²) in [6.07, 6.45) is 6.03. The highest BCUT2D eigenvalue weighted by Gasteiger charge is 2.47. The molecule has 3 atom stereocenters. The number of hydrogen-bond acceptors (Lipinski definition) is 5. The highest BCUT2D eigenvalue weighted by molar-refractivity contribution is 5.68. The van der Waals surface area contributed by atoms with Crippen LogP contribution in [0.15, 0.2) is 36.5 Å². The van der Waals surface area contributed by atoms with Crippen molar-refractivity contribution in [2.45, 2.75) is 38.2 Å². The van der Waals surface area contributed by atoms with Crippen molar-refractivity contribution in [3.8, 4) is 22.8 Å². The Morgan fingerprint density at radius 1 is 1.19 bits per heavy atom.